The average Bonchev–Trinajstić information content (AvgIpc) is 2.49. The van der Waals surface area contributed by atoms with E-state index in [0.717, 1.165) is 0 Å². The largest absolute Gasteiger partial charge is 0.468 e. The van der Waals surface area contributed by atoms with Crippen LogP contribution < -0.4 is 5.73 Å². The summed E-state index contributed by atoms with van der Waals surface area (Å²) < 4.78 is 4.53. The third kappa shape index (κ3) is 1.70. The third-order valence-electron chi connectivity index (χ3n) is 1.38. The first-order valence-electron chi connectivity index (χ1n) is 3.32. The molecular formula is C6H9N3O2S. The van der Waals surface area contributed by atoms with Gasteiger partial charge in [0.15, 0.2) is 0 Å². The number of carbonyl (C=O) groups excluding carboxylic acids is 1. The number of hydrogen-bond donors (Lipinski definition) is 1. The number of carbonyl (C=O) groups is 1. The molecular weight excluding hydrogens is 178 g/mol. The van der Waals surface area contributed by atoms with Crippen LogP contribution in [-0.2, 0) is 9.53 Å². The maximum atomic E-state index is 11.0. The van der Waals surface area contributed by atoms with E-state index < -0.39 is 0 Å². The smallest absolute Gasteiger partial charge is 0.315 e. The minimum Gasteiger partial charge on any atom is -0.468 e. The van der Waals surface area contributed by atoms with Crippen LogP contribution in [-0.4, -0.2) is 23.3 Å². The number of hydrogen-bond acceptors (Lipinski definition) is 6. The average molecular weight is 187 g/mol. The van der Waals surface area contributed by atoms with E-state index in [4.69, 9.17) is 5.73 Å². The second kappa shape index (κ2) is 3.48. The van der Waals surface area contributed by atoms with Crippen molar-refractivity contribution in [2.75, 3.05) is 12.8 Å². The Hall–Kier alpha value is -1.17. The highest BCUT2D eigenvalue weighted by Gasteiger charge is 2.19. The molecule has 12 heavy (non-hydrogen) atoms. The van der Waals surface area contributed by atoms with Crippen molar-refractivity contribution in [3.05, 3.63) is 5.01 Å². The molecule has 0 radical (unpaired) electrons. The number of ether oxygens (including phenoxy) is 1. The number of anilines is 1. The summed E-state index contributed by atoms with van der Waals surface area (Å²) >= 11 is 1.19. The van der Waals surface area contributed by atoms with Crippen LogP contribution in [0, 0.1) is 0 Å². The second-order valence-electron chi connectivity index (χ2n) is 2.22. The molecule has 0 aliphatic heterocycles. The predicted molar refractivity (Wildman–Crippen MR) is 44.8 cm³/mol. The molecule has 1 aromatic rings. The van der Waals surface area contributed by atoms with Crippen LogP contribution in [0.25, 0.3) is 0 Å². The Balaban J connectivity index is 2.77. The summed E-state index contributed by atoms with van der Waals surface area (Å²) in [4.78, 5) is 11.0. The minimum absolute atomic E-state index is 0.328. The summed E-state index contributed by atoms with van der Waals surface area (Å²) in [5.41, 5.74) is 5.35. The van der Waals surface area contributed by atoms with E-state index in [0.29, 0.717) is 10.1 Å². The zero-order valence-corrected chi connectivity index (χ0v) is 7.59. The Kier molecular flexibility index (Phi) is 2.59. The van der Waals surface area contributed by atoms with Crippen LogP contribution >= 0.6 is 11.3 Å². The van der Waals surface area contributed by atoms with E-state index in [9.17, 15) is 4.79 Å². The molecule has 6 heteroatoms. The molecule has 1 heterocycles. The van der Waals surface area contributed by atoms with Gasteiger partial charge in [0.1, 0.15) is 10.9 Å². The molecule has 1 atom stereocenters. The number of nitrogens with two attached hydrogens (primary N) is 1. The van der Waals surface area contributed by atoms with Crippen LogP contribution in [0.2, 0.25) is 0 Å². The van der Waals surface area contributed by atoms with E-state index in [1.165, 1.54) is 18.4 Å². The Morgan fingerprint density at radius 3 is 2.75 bits per heavy atom. The van der Waals surface area contributed by atoms with E-state index in [-0.39, 0.29) is 11.9 Å². The lowest BCUT2D eigenvalue weighted by molar-refractivity contribution is -0.142. The fourth-order valence-electron chi connectivity index (χ4n) is 0.699. The maximum Gasteiger partial charge on any atom is 0.315 e. The molecule has 5 nitrogen and oxygen atoms in total. The molecule has 0 saturated heterocycles. The van der Waals surface area contributed by atoms with Crippen LogP contribution in [0.15, 0.2) is 0 Å². The molecule has 2 N–H and O–H groups in total. The standard InChI is InChI=1S/C6H9N3O2S/c1-3(5(10)11-2)4-8-9-6(7)12-4/h3H,1-2H3,(H2,7,9). The lowest BCUT2D eigenvalue weighted by Gasteiger charge is -2.02. The molecule has 0 aliphatic rings. The topological polar surface area (TPSA) is 78.1 Å². The lowest BCUT2D eigenvalue weighted by atomic mass is 10.2. The van der Waals surface area contributed by atoms with Gasteiger partial charge in [-0.05, 0) is 6.92 Å². The highest BCUT2D eigenvalue weighted by Crippen LogP contribution is 2.21. The summed E-state index contributed by atoms with van der Waals surface area (Å²) in [7, 11) is 1.34. The second-order valence-corrected chi connectivity index (χ2v) is 3.26. The molecule has 1 aromatic heterocycles. The third-order valence-corrected chi connectivity index (χ3v) is 2.32. The van der Waals surface area contributed by atoms with Gasteiger partial charge >= 0.3 is 5.97 Å². The molecule has 0 bridgehead atoms. The summed E-state index contributed by atoms with van der Waals surface area (Å²) in [6.45, 7) is 1.70. The summed E-state index contributed by atoms with van der Waals surface area (Å²) in [5, 5.41) is 8.26. The number of nitrogens with zero attached hydrogens (tertiary/aromatic N) is 2. The van der Waals surface area contributed by atoms with Gasteiger partial charge in [-0.1, -0.05) is 11.3 Å². The van der Waals surface area contributed by atoms with Gasteiger partial charge in [0.2, 0.25) is 5.13 Å². The normalized spacial score (nSPS) is 12.5. The van der Waals surface area contributed by atoms with Gasteiger partial charge < -0.3 is 10.5 Å². The van der Waals surface area contributed by atoms with Gasteiger partial charge in [-0.3, -0.25) is 4.79 Å². The molecule has 1 unspecified atom stereocenters. The number of nitrogen functional groups attached to an aromatic ring is 1. The van der Waals surface area contributed by atoms with E-state index in [1.807, 2.05) is 0 Å². The zero-order chi connectivity index (χ0) is 9.14. The molecule has 0 spiro atoms. The van der Waals surface area contributed by atoms with Gasteiger partial charge in [-0.15, -0.1) is 10.2 Å². The van der Waals surface area contributed by atoms with Crippen molar-refractivity contribution >= 4 is 22.4 Å². The number of esters is 1. The first-order chi connectivity index (χ1) is 5.65. The Labute approximate surface area is 73.6 Å². The molecule has 0 amide bonds. The first kappa shape index (κ1) is 8.92. The van der Waals surface area contributed by atoms with Crippen LogP contribution in [0.4, 0.5) is 5.13 Å². The zero-order valence-electron chi connectivity index (χ0n) is 6.77. The molecule has 0 aromatic carbocycles. The first-order valence-corrected chi connectivity index (χ1v) is 4.13. The van der Waals surface area contributed by atoms with Gasteiger partial charge in [-0.25, -0.2) is 0 Å². The highest BCUT2D eigenvalue weighted by atomic mass is 32.1. The van der Waals surface area contributed by atoms with Crippen molar-refractivity contribution in [1.82, 2.24) is 10.2 Å². The molecule has 0 aliphatic carbocycles. The van der Waals surface area contributed by atoms with Crippen molar-refractivity contribution < 1.29 is 9.53 Å². The van der Waals surface area contributed by atoms with Crippen molar-refractivity contribution in [2.24, 2.45) is 0 Å². The number of methoxy groups -OCH3 is 1. The number of aromatic nitrogens is 2. The summed E-state index contributed by atoms with van der Waals surface area (Å²) in [5.74, 6) is -0.712. The lowest BCUT2D eigenvalue weighted by Crippen LogP contribution is -2.10. The van der Waals surface area contributed by atoms with E-state index >= 15 is 0 Å². The van der Waals surface area contributed by atoms with Gasteiger partial charge in [0.05, 0.1) is 7.11 Å². The van der Waals surface area contributed by atoms with Crippen molar-refractivity contribution in [3.8, 4) is 0 Å². The molecule has 66 valence electrons. The van der Waals surface area contributed by atoms with Gasteiger partial charge in [-0.2, -0.15) is 0 Å². The SMILES string of the molecule is COC(=O)C(C)c1nnc(N)s1. The summed E-state index contributed by atoms with van der Waals surface area (Å²) in [6.07, 6.45) is 0. The quantitative estimate of drug-likeness (QED) is 0.678. The highest BCUT2D eigenvalue weighted by molar-refractivity contribution is 7.15. The molecule has 0 fully saturated rings. The fourth-order valence-corrected chi connectivity index (χ4v) is 1.35. The van der Waals surface area contributed by atoms with Crippen molar-refractivity contribution in [3.63, 3.8) is 0 Å². The summed E-state index contributed by atoms with van der Waals surface area (Å²) in [6, 6.07) is 0. The maximum absolute atomic E-state index is 11.0. The van der Waals surface area contributed by atoms with Crippen molar-refractivity contribution in [2.45, 2.75) is 12.8 Å². The Morgan fingerprint density at radius 2 is 2.33 bits per heavy atom. The van der Waals surface area contributed by atoms with Crippen LogP contribution in [0.3, 0.4) is 0 Å². The Morgan fingerprint density at radius 1 is 1.67 bits per heavy atom. The number of rotatable bonds is 2. The molecule has 1 rings (SSSR count). The van der Waals surface area contributed by atoms with Gasteiger partial charge in [0.25, 0.3) is 0 Å². The van der Waals surface area contributed by atoms with Gasteiger partial charge in [0, 0.05) is 0 Å². The Bertz CT molecular complexity index is 286. The molecule has 0 saturated carbocycles. The van der Waals surface area contributed by atoms with E-state index in [1.54, 1.807) is 6.92 Å². The van der Waals surface area contributed by atoms with Crippen LogP contribution in [0.1, 0.15) is 17.8 Å². The fraction of sp³-hybridized carbons (Fsp3) is 0.500. The van der Waals surface area contributed by atoms with Crippen molar-refractivity contribution in [1.29, 1.82) is 0 Å². The van der Waals surface area contributed by atoms with E-state index in [2.05, 4.69) is 14.9 Å². The van der Waals surface area contributed by atoms with Crippen LogP contribution in [0.5, 0.6) is 0 Å². The predicted octanol–water partition coefficient (Wildman–Crippen LogP) is 0.397. The monoisotopic (exact) mass is 187 g/mol. The minimum atomic E-state index is -0.384.